The zero-order chi connectivity index (χ0) is 9.73. The van der Waals surface area contributed by atoms with Crippen molar-refractivity contribution >= 4 is 0 Å². The molecule has 0 saturated carbocycles. The van der Waals surface area contributed by atoms with E-state index in [1.807, 2.05) is 30.3 Å². The first-order valence-electron chi connectivity index (χ1n) is 4.26. The van der Waals surface area contributed by atoms with Gasteiger partial charge in [0.25, 0.3) is 0 Å². The van der Waals surface area contributed by atoms with Gasteiger partial charge in [0.05, 0.1) is 18.1 Å². The molecular weight excluding hydrogens is 162 g/mol. The molecule has 0 aliphatic carbocycles. The summed E-state index contributed by atoms with van der Waals surface area (Å²) in [6.45, 7) is 1.67. The number of hydrogen-bond acceptors (Lipinski definition) is 2. The van der Waals surface area contributed by atoms with Crippen molar-refractivity contribution in [2.45, 2.75) is 13.3 Å². The predicted octanol–water partition coefficient (Wildman–Crippen LogP) is 1.75. The first-order chi connectivity index (χ1) is 6.20. The maximum absolute atomic E-state index is 9.02. The smallest absolute Gasteiger partial charge is 0.0816 e. The Morgan fingerprint density at radius 3 is 2.46 bits per heavy atom. The van der Waals surface area contributed by atoms with Crippen molar-refractivity contribution in [2.75, 3.05) is 6.61 Å². The number of aliphatic hydroxyl groups excluding tert-OH is 1. The van der Waals surface area contributed by atoms with E-state index in [0.29, 0.717) is 6.42 Å². The van der Waals surface area contributed by atoms with Crippen LogP contribution in [0.15, 0.2) is 30.3 Å². The minimum absolute atomic E-state index is 0.0988. The Labute approximate surface area is 78.4 Å². The number of rotatable bonds is 3. The third-order valence-corrected chi connectivity index (χ3v) is 2.06. The largest absolute Gasteiger partial charge is 0.395 e. The van der Waals surface area contributed by atoms with E-state index in [2.05, 4.69) is 6.07 Å². The summed E-state index contributed by atoms with van der Waals surface area (Å²) >= 11 is 0. The van der Waals surface area contributed by atoms with Crippen molar-refractivity contribution in [2.24, 2.45) is 5.41 Å². The van der Waals surface area contributed by atoms with Gasteiger partial charge in [-0.15, -0.1) is 0 Å². The summed E-state index contributed by atoms with van der Waals surface area (Å²) < 4.78 is 0. The molecule has 2 heteroatoms. The van der Waals surface area contributed by atoms with E-state index < -0.39 is 5.41 Å². The van der Waals surface area contributed by atoms with Gasteiger partial charge in [-0.3, -0.25) is 0 Å². The summed E-state index contributed by atoms with van der Waals surface area (Å²) in [5.74, 6) is 0. The molecule has 0 spiro atoms. The van der Waals surface area contributed by atoms with Gasteiger partial charge in [-0.05, 0) is 18.9 Å². The monoisotopic (exact) mass is 175 g/mol. The molecule has 1 atom stereocenters. The minimum Gasteiger partial charge on any atom is -0.395 e. The average molecular weight is 175 g/mol. The van der Waals surface area contributed by atoms with Crippen molar-refractivity contribution in [3.8, 4) is 6.07 Å². The van der Waals surface area contributed by atoms with Gasteiger partial charge < -0.3 is 5.11 Å². The maximum atomic E-state index is 9.02. The Kier molecular flexibility index (Phi) is 3.05. The van der Waals surface area contributed by atoms with Gasteiger partial charge in [-0.25, -0.2) is 0 Å². The molecule has 1 aromatic rings. The second-order valence-electron chi connectivity index (χ2n) is 3.49. The molecule has 1 N–H and O–H groups in total. The Morgan fingerprint density at radius 1 is 1.38 bits per heavy atom. The molecule has 0 heterocycles. The topological polar surface area (TPSA) is 44.0 Å². The third-order valence-electron chi connectivity index (χ3n) is 2.06. The van der Waals surface area contributed by atoms with Crippen molar-refractivity contribution < 1.29 is 5.11 Å². The van der Waals surface area contributed by atoms with Crippen LogP contribution < -0.4 is 0 Å². The zero-order valence-electron chi connectivity index (χ0n) is 7.70. The molecule has 0 amide bonds. The Hall–Kier alpha value is -1.33. The number of hydrogen-bond donors (Lipinski definition) is 1. The fourth-order valence-electron chi connectivity index (χ4n) is 1.18. The zero-order valence-corrected chi connectivity index (χ0v) is 7.70. The summed E-state index contributed by atoms with van der Waals surface area (Å²) in [4.78, 5) is 0. The van der Waals surface area contributed by atoms with Crippen LogP contribution in [-0.4, -0.2) is 11.7 Å². The van der Waals surface area contributed by atoms with Crippen molar-refractivity contribution in [3.05, 3.63) is 35.9 Å². The van der Waals surface area contributed by atoms with Crippen LogP contribution in [0.2, 0.25) is 0 Å². The molecule has 0 fully saturated rings. The molecule has 2 nitrogen and oxygen atoms in total. The van der Waals surface area contributed by atoms with E-state index in [0.717, 1.165) is 5.56 Å². The average Bonchev–Trinajstić information content (AvgIpc) is 2.19. The molecule has 0 bridgehead atoms. The van der Waals surface area contributed by atoms with E-state index in [-0.39, 0.29) is 6.61 Å². The lowest BCUT2D eigenvalue weighted by Crippen LogP contribution is -2.21. The van der Waals surface area contributed by atoms with Gasteiger partial charge in [0, 0.05) is 0 Å². The van der Waals surface area contributed by atoms with Crippen molar-refractivity contribution in [1.82, 2.24) is 0 Å². The van der Waals surface area contributed by atoms with Gasteiger partial charge in [0.1, 0.15) is 0 Å². The van der Waals surface area contributed by atoms with E-state index >= 15 is 0 Å². The quantitative estimate of drug-likeness (QED) is 0.760. The van der Waals surface area contributed by atoms with Crippen LogP contribution in [0.5, 0.6) is 0 Å². The van der Waals surface area contributed by atoms with Gasteiger partial charge in [0.2, 0.25) is 0 Å². The molecule has 0 aromatic heterocycles. The lowest BCUT2D eigenvalue weighted by atomic mass is 9.86. The predicted molar refractivity (Wildman–Crippen MR) is 51.0 cm³/mol. The molecule has 0 saturated heterocycles. The van der Waals surface area contributed by atoms with E-state index in [1.54, 1.807) is 6.92 Å². The minimum atomic E-state index is -0.651. The summed E-state index contributed by atoms with van der Waals surface area (Å²) in [6.07, 6.45) is 0.598. The fourth-order valence-corrected chi connectivity index (χ4v) is 1.18. The highest BCUT2D eigenvalue weighted by atomic mass is 16.3. The number of nitrogens with zero attached hydrogens (tertiary/aromatic N) is 1. The first-order valence-corrected chi connectivity index (χ1v) is 4.26. The van der Waals surface area contributed by atoms with Crippen LogP contribution in [0.25, 0.3) is 0 Å². The highest BCUT2D eigenvalue weighted by Gasteiger charge is 2.22. The normalized spacial score (nSPS) is 14.5. The Balaban J connectivity index is 2.75. The molecule has 1 aromatic carbocycles. The lowest BCUT2D eigenvalue weighted by Gasteiger charge is -2.17. The summed E-state index contributed by atoms with van der Waals surface area (Å²) in [7, 11) is 0. The van der Waals surface area contributed by atoms with E-state index in [1.165, 1.54) is 0 Å². The summed E-state index contributed by atoms with van der Waals surface area (Å²) in [5.41, 5.74) is 0.432. The van der Waals surface area contributed by atoms with Crippen LogP contribution in [0.3, 0.4) is 0 Å². The first kappa shape index (κ1) is 9.76. The van der Waals surface area contributed by atoms with Crippen LogP contribution in [0, 0.1) is 16.7 Å². The molecule has 13 heavy (non-hydrogen) atoms. The number of nitriles is 1. The number of aliphatic hydroxyl groups is 1. The second kappa shape index (κ2) is 4.06. The van der Waals surface area contributed by atoms with Crippen LogP contribution in [0.1, 0.15) is 12.5 Å². The molecular formula is C11H13NO. The molecule has 1 rings (SSSR count). The van der Waals surface area contributed by atoms with Gasteiger partial charge >= 0.3 is 0 Å². The van der Waals surface area contributed by atoms with Crippen molar-refractivity contribution in [3.63, 3.8) is 0 Å². The molecule has 68 valence electrons. The lowest BCUT2D eigenvalue weighted by molar-refractivity contribution is 0.190. The SMILES string of the molecule is CC(C#N)(CO)Cc1ccccc1. The fraction of sp³-hybridized carbons (Fsp3) is 0.364. The highest BCUT2D eigenvalue weighted by molar-refractivity contribution is 5.18. The molecule has 0 aliphatic heterocycles. The summed E-state index contributed by atoms with van der Waals surface area (Å²) in [5, 5.41) is 17.9. The van der Waals surface area contributed by atoms with Crippen LogP contribution >= 0.6 is 0 Å². The van der Waals surface area contributed by atoms with E-state index in [4.69, 9.17) is 10.4 Å². The highest BCUT2D eigenvalue weighted by Crippen LogP contribution is 2.20. The number of benzene rings is 1. The standard InChI is InChI=1S/C11H13NO/c1-11(8-12,9-13)7-10-5-3-2-4-6-10/h2-6,13H,7,9H2,1H3. The maximum Gasteiger partial charge on any atom is 0.0816 e. The van der Waals surface area contributed by atoms with Gasteiger partial charge in [-0.1, -0.05) is 30.3 Å². The van der Waals surface area contributed by atoms with Crippen molar-refractivity contribution in [1.29, 1.82) is 5.26 Å². The summed E-state index contributed by atoms with van der Waals surface area (Å²) in [6, 6.07) is 11.9. The van der Waals surface area contributed by atoms with Gasteiger partial charge in [-0.2, -0.15) is 5.26 Å². The molecule has 1 unspecified atom stereocenters. The van der Waals surface area contributed by atoms with Crippen LogP contribution in [-0.2, 0) is 6.42 Å². The van der Waals surface area contributed by atoms with Gasteiger partial charge in [0.15, 0.2) is 0 Å². The molecule has 0 aliphatic rings. The Bertz CT molecular complexity index is 302. The second-order valence-corrected chi connectivity index (χ2v) is 3.49. The Morgan fingerprint density at radius 2 is 2.00 bits per heavy atom. The third kappa shape index (κ3) is 2.57. The van der Waals surface area contributed by atoms with E-state index in [9.17, 15) is 0 Å². The van der Waals surface area contributed by atoms with Crippen LogP contribution in [0.4, 0.5) is 0 Å². The molecule has 0 radical (unpaired) electrons.